The molecule has 0 fully saturated rings. The van der Waals surface area contributed by atoms with E-state index in [1.807, 2.05) is 66.9 Å². The van der Waals surface area contributed by atoms with Gasteiger partial charge in [0.1, 0.15) is 12.0 Å². The van der Waals surface area contributed by atoms with Crippen LogP contribution in [0.5, 0.6) is 0 Å². The molecule has 0 saturated heterocycles. The number of rotatable bonds is 11. The molecule has 2 unspecified atom stereocenters. The van der Waals surface area contributed by atoms with Crippen LogP contribution in [0.3, 0.4) is 0 Å². The SMILES string of the molecule is NC(NC(/N=C/c1ccc(-c2ccc3c(-c4cccc5cc(-c6ccc(-c7nc8ccccc8n7-c7ccccc7)cc6)ccc45)cccc3c2)cc1)c1ccccc1)c1ccccc1. The first kappa shape index (κ1) is 39.6. The Morgan fingerprint density at radius 3 is 1.58 bits per heavy atom. The minimum absolute atomic E-state index is 0.299. The number of hydrogen-bond acceptors (Lipinski definition) is 4. The highest BCUT2D eigenvalue weighted by atomic mass is 15.1. The molecule has 1 heterocycles. The van der Waals surface area contributed by atoms with Crippen LogP contribution in [0, 0.1) is 0 Å². The van der Waals surface area contributed by atoms with Gasteiger partial charge in [-0.1, -0.05) is 200 Å². The molecule has 5 heteroatoms. The Kier molecular flexibility index (Phi) is 10.7. The molecule has 2 atom stereocenters. The molecule has 0 aliphatic heterocycles. The maximum absolute atomic E-state index is 6.57. The number of imidazole rings is 1. The first-order valence-electron chi connectivity index (χ1n) is 22.1. The van der Waals surface area contributed by atoms with Crippen molar-refractivity contribution in [2.75, 3.05) is 0 Å². The van der Waals surface area contributed by atoms with Crippen molar-refractivity contribution in [1.82, 2.24) is 14.9 Å². The Balaban J connectivity index is 0.841. The summed E-state index contributed by atoms with van der Waals surface area (Å²) < 4.78 is 2.25. The van der Waals surface area contributed by atoms with E-state index in [0.717, 1.165) is 50.4 Å². The lowest BCUT2D eigenvalue weighted by molar-refractivity contribution is 0.467. The van der Waals surface area contributed by atoms with Crippen LogP contribution in [0.1, 0.15) is 29.0 Å². The highest BCUT2D eigenvalue weighted by Gasteiger charge is 2.17. The number of para-hydroxylation sites is 3. The van der Waals surface area contributed by atoms with Crippen molar-refractivity contribution < 1.29 is 0 Å². The molecule has 0 amide bonds. The molecule has 0 aliphatic carbocycles. The van der Waals surface area contributed by atoms with Crippen LogP contribution in [0.25, 0.3) is 83.0 Å². The number of nitrogens with one attached hydrogen (secondary N) is 1. The molecule has 3 N–H and O–H groups in total. The fraction of sp³-hybridized carbons (Fsp3) is 0.0333. The highest BCUT2D eigenvalue weighted by Crippen LogP contribution is 2.38. The largest absolute Gasteiger partial charge is 0.312 e. The average Bonchev–Trinajstić information content (AvgIpc) is 3.78. The second-order valence-electron chi connectivity index (χ2n) is 16.4. The molecule has 11 rings (SSSR count). The molecule has 1 aromatic heterocycles. The van der Waals surface area contributed by atoms with Crippen molar-refractivity contribution in [2.45, 2.75) is 12.3 Å². The van der Waals surface area contributed by atoms with E-state index in [1.165, 1.54) is 49.4 Å². The van der Waals surface area contributed by atoms with Crippen LogP contribution < -0.4 is 11.1 Å². The Bertz CT molecular complexity index is 3450. The predicted octanol–water partition coefficient (Wildman–Crippen LogP) is 14.4. The second-order valence-corrected chi connectivity index (χ2v) is 16.4. The van der Waals surface area contributed by atoms with E-state index in [4.69, 9.17) is 15.7 Å². The lowest BCUT2D eigenvalue weighted by atomic mass is 9.91. The summed E-state index contributed by atoms with van der Waals surface area (Å²) in [6.07, 6.45) is 1.27. The summed E-state index contributed by atoms with van der Waals surface area (Å²) >= 11 is 0. The van der Waals surface area contributed by atoms with Crippen molar-refractivity contribution in [2.24, 2.45) is 10.7 Å². The molecule has 0 saturated carbocycles. The number of nitrogens with two attached hydrogens (primary N) is 1. The van der Waals surface area contributed by atoms with Crippen molar-refractivity contribution in [1.29, 1.82) is 0 Å². The molecular formula is C60H45N5. The van der Waals surface area contributed by atoms with E-state index < -0.39 is 0 Å². The van der Waals surface area contributed by atoms with Crippen molar-refractivity contribution in [3.8, 4) is 50.5 Å². The molecule has 11 aromatic rings. The van der Waals surface area contributed by atoms with Crippen LogP contribution in [-0.2, 0) is 0 Å². The van der Waals surface area contributed by atoms with Gasteiger partial charge in [-0.3, -0.25) is 14.9 Å². The number of hydrogen-bond donors (Lipinski definition) is 2. The predicted molar refractivity (Wildman–Crippen MR) is 271 cm³/mol. The number of fused-ring (bicyclic) bond motifs is 3. The summed E-state index contributed by atoms with van der Waals surface area (Å²) in [5.74, 6) is 0.931. The van der Waals surface area contributed by atoms with Gasteiger partial charge in [0.05, 0.1) is 17.2 Å². The third-order valence-electron chi connectivity index (χ3n) is 12.3. The first-order chi connectivity index (χ1) is 32.1. The Morgan fingerprint density at radius 2 is 0.969 bits per heavy atom. The lowest BCUT2D eigenvalue weighted by Crippen LogP contribution is -2.31. The van der Waals surface area contributed by atoms with E-state index in [2.05, 4.69) is 186 Å². The minimum atomic E-state index is -0.358. The van der Waals surface area contributed by atoms with Crippen LogP contribution >= 0.6 is 0 Å². The highest BCUT2D eigenvalue weighted by molar-refractivity contribution is 6.07. The third kappa shape index (κ3) is 8.03. The smallest absolute Gasteiger partial charge is 0.145 e. The molecular weight excluding hydrogens is 791 g/mol. The van der Waals surface area contributed by atoms with E-state index in [9.17, 15) is 0 Å². The molecule has 0 radical (unpaired) electrons. The molecule has 0 aliphatic rings. The van der Waals surface area contributed by atoms with E-state index in [0.29, 0.717) is 0 Å². The van der Waals surface area contributed by atoms with Gasteiger partial charge in [-0.2, -0.15) is 0 Å². The van der Waals surface area contributed by atoms with Crippen LogP contribution in [0.2, 0.25) is 0 Å². The number of nitrogens with zero attached hydrogens (tertiary/aromatic N) is 3. The van der Waals surface area contributed by atoms with Gasteiger partial charge in [0, 0.05) is 17.5 Å². The molecule has 310 valence electrons. The van der Waals surface area contributed by atoms with E-state index >= 15 is 0 Å². The zero-order chi connectivity index (χ0) is 43.5. The first-order valence-corrected chi connectivity index (χ1v) is 22.1. The second kappa shape index (κ2) is 17.5. The van der Waals surface area contributed by atoms with Gasteiger partial charge in [-0.05, 0) is 108 Å². The zero-order valence-corrected chi connectivity index (χ0v) is 35.7. The fourth-order valence-electron chi connectivity index (χ4n) is 8.98. The average molecular weight is 836 g/mol. The summed E-state index contributed by atoms with van der Waals surface area (Å²) in [7, 11) is 0. The van der Waals surface area contributed by atoms with Gasteiger partial charge in [0.15, 0.2) is 0 Å². The van der Waals surface area contributed by atoms with Crippen molar-refractivity contribution in [3.05, 3.63) is 253 Å². The third-order valence-corrected chi connectivity index (χ3v) is 12.3. The Hall–Kier alpha value is -8.22. The van der Waals surface area contributed by atoms with Gasteiger partial charge in [0.25, 0.3) is 0 Å². The van der Waals surface area contributed by atoms with Crippen molar-refractivity contribution in [3.63, 3.8) is 0 Å². The molecule has 65 heavy (non-hydrogen) atoms. The Morgan fingerprint density at radius 1 is 0.462 bits per heavy atom. The molecule has 0 spiro atoms. The van der Waals surface area contributed by atoms with Gasteiger partial charge in [-0.15, -0.1) is 0 Å². The van der Waals surface area contributed by atoms with Gasteiger partial charge in [-0.25, -0.2) is 4.98 Å². The van der Waals surface area contributed by atoms with E-state index in [1.54, 1.807) is 0 Å². The monoisotopic (exact) mass is 835 g/mol. The van der Waals surface area contributed by atoms with Crippen molar-refractivity contribution >= 4 is 38.8 Å². The van der Waals surface area contributed by atoms with E-state index in [-0.39, 0.29) is 12.3 Å². The topological polar surface area (TPSA) is 68.2 Å². The maximum atomic E-state index is 6.57. The number of aromatic nitrogens is 2. The standard InChI is InChI=1S/C60H45N5/c61-58(44-14-4-1-5-15-44)64-59(45-16-6-2-7-17-45)62-40-41-26-28-42(29-27-41)47-34-36-52-49(38-47)18-12-22-54(52)55-23-13-19-50-39-48(35-37-53(50)55)43-30-32-46(33-31-43)60-63-56-24-10-11-25-57(56)65(60)51-20-8-3-9-21-51/h1-40,58-59,64H,61H2/b62-40+. The summed E-state index contributed by atoms with van der Waals surface area (Å²) in [5.41, 5.74) is 21.0. The minimum Gasteiger partial charge on any atom is -0.312 e. The fourth-order valence-corrected chi connectivity index (χ4v) is 8.98. The van der Waals surface area contributed by atoms with Crippen LogP contribution in [-0.4, -0.2) is 15.8 Å². The summed E-state index contributed by atoms with van der Waals surface area (Å²) in [6.45, 7) is 0. The van der Waals surface area contributed by atoms with Crippen LogP contribution in [0.4, 0.5) is 0 Å². The maximum Gasteiger partial charge on any atom is 0.145 e. The van der Waals surface area contributed by atoms with Gasteiger partial charge >= 0.3 is 0 Å². The molecule has 0 bridgehead atoms. The number of aliphatic imine (C=N–C) groups is 1. The lowest BCUT2D eigenvalue weighted by Gasteiger charge is -2.21. The Labute approximate surface area is 378 Å². The van der Waals surface area contributed by atoms with Crippen LogP contribution in [0.15, 0.2) is 242 Å². The quantitative estimate of drug-likeness (QED) is 0.101. The van der Waals surface area contributed by atoms with Gasteiger partial charge in [0.2, 0.25) is 0 Å². The molecule has 10 aromatic carbocycles. The molecule has 5 nitrogen and oxygen atoms in total. The summed E-state index contributed by atoms with van der Waals surface area (Å²) in [6, 6.07) is 83.3. The summed E-state index contributed by atoms with van der Waals surface area (Å²) in [4.78, 5) is 10.0. The summed E-state index contributed by atoms with van der Waals surface area (Å²) in [5, 5.41) is 8.36. The normalized spacial score (nSPS) is 12.6. The number of benzene rings is 10. The zero-order valence-electron chi connectivity index (χ0n) is 35.7. The van der Waals surface area contributed by atoms with Gasteiger partial charge < -0.3 is 5.73 Å².